The van der Waals surface area contributed by atoms with E-state index in [2.05, 4.69) is 35.8 Å². The fraction of sp³-hybridized carbons (Fsp3) is 0.600. The first-order chi connectivity index (χ1) is 8.70. The van der Waals surface area contributed by atoms with E-state index >= 15 is 0 Å². The summed E-state index contributed by atoms with van der Waals surface area (Å²) < 4.78 is 12.3. The Labute approximate surface area is 119 Å². The number of ether oxygens (including phenoxy) is 2. The van der Waals surface area contributed by atoms with Crippen molar-refractivity contribution in [3.63, 3.8) is 0 Å². The van der Waals surface area contributed by atoms with Crippen molar-refractivity contribution in [3.05, 3.63) is 28.2 Å². The summed E-state index contributed by atoms with van der Waals surface area (Å²) in [5.41, 5.74) is 1.10. The van der Waals surface area contributed by atoms with Crippen molar-refractivity contribution in [2.45, 2.75) is 45.6 Å². The fourth-order valence-electron chi connectivity index (χ4n) is 1.94. The second-order valence-electron chi connectivity index (χ2n) is 4.44. The van der Waals surface area contributed by atoms with Gasteiger partial charge in [-0.25, -0.2) is 0 Å². The van der Waals surface area contributed by atoms with Crippen LogP contribution in [0, 0.1) is 0 Å². The Morgan fingerprint density at radius 2 is 2.00 bits per heavy atom. The fourth-order valence-corrected chi connectivity index (χ4v) is 2.48. The molecular formula is C15H23BrO2. The van der Waals surface area contributed by atoms with Crippen molar-refractivity contribution in [1.82, 2.24) is 0 Å². The highest BCUT2D eigenvalue weighted by atomic mass is 79.9. The van der Waals surface area contributed by atoms with E-state index in [0.717, 1.165) is 28.8 Å². The number of para-hydroxylation sites is 1. The molecule has 0 N–H and O–H groups in total. The molecule has 0 bridgehead atoms. The highest BCUT2D eigenvalue weighted by Crippen LogP contribution is 2.34. The van der Waals surface area contributed by atoms with Crippen molar-refractivity contribution in [2.75, 3.05) is 13.7 Å². The van der Waals surface area contributed by atoms with E-state index in [1.807, 2.05) is 12.1 Å². The summed E-state index contributed by atoms with van der Waals surface area (Å²) in [5.74, 6) is 0.874. The van der Waals surface area contributed by atoms with Gasteiger partial charge in [0.1, 0.15) is 5.75 Å². The molecule has 0 fully saturated rings. The summed E-state index contributed by atoms with van der Waals surface area (Å²) in [6, 6.07) is 6.05. The van der Waals surface area contributed by atoms with Gasteiger partial charge in [-0.3, -0.25) is 0 Å². The molecule has 0 aromatic heterocycles. The van der Waals surface area contributed by atoms with Gasteiger partial charge in [-0.1, -0.05) is 38.3 Å². The zero-order chi connectivity index (χ0) is 13.4. The Morgan fingerprint density at radius 1 is 1.22 bits per heavy atom. The van der Waals surface area contributed by atoms with Gasteiger partial charge in [-0.2, -0.15) is 0 Å². The minimum Gasteiger partial charge on any atom is -0.495 e. The highest BCUT2D eigenvalue weighted by molar-refractivity contribution is 9.10. The maximum absolute atomic E-state index is 5.87. The molecule has 1 rings (SSSR count). The van der Waals surface area contributed by atoms with Crippen LogP contribution >= 0.6 is 15.9 Å². The quantitative estimate of drug-likeness (QED) is 0.620. The second-order valence-corrected chi connectivity index (χ2v) is 5.29. The lowest BCUT2D eigenvalue weighted by molar-refractivity contribution is 0.0610. The largest absolute Gasteiger partial charge is 0.495 e. The topological polar surface area (TPSA) is 18.5 Å². The molecule has 0 saturated carbocycles. The lowest BCUT2D eigenvalue weighted by Crippen LogP contribution is -2.04. The zero-order valence-electron chi connectivity index (χ0n) is 11.5. The molecule has 0 saturated heterocycles. The molecule has 0 spiro atoms. The average molecular weight is 315 g/mol. The number of halogens is 1. The van der Waals surface area contributed by atoms with Gasteiger partial charge >= 0.3 is 0 Å². The molecule has 1 atom stereocenters. The van der Waals surface area contributed by atoms with Crippen molar-refractivity contribution in [3.8, 4) is 5.75 Å². The van der Waals surface area contributed by atoms with Crippen LogP contribution in [0.15, 0.2) is 22.7 Å². The number of hydrogen-bond acceptors (Lipinski definition) is 2. The van der Waals surface area contributed by atoms with Gasteiger partial charge in [0.15, 0.2) is 0 Å². The summed E-state index contributed by atoms with van der Waals surface area (Å²) in [6.07, 6.45) is 5.00. The van der Waals surface area contributed by atoms with E-state index in [1.165, 1.54) is 19.3 Å². The molecule has 18 heavy (non-hydrogen) atoms. The van der Waals surface area contributed by atoms with Crippen LogP contribution in [-0.2, 0) is 4.74 Å². The maximum atomic E-state index is 5.87. The van der Waals surface area contributed by atoms with E-state index in [1.54, 1.807) is 7.11 Å². The molecule has 3 heteroatoms. The maximum Gasteiger partial charge on any atom is 0.138 e. The summed E-state index contributed by atoms with van der Waals surface area (Å²) in [4.78, 5) is 0. The summed E-state index contributed by atoms with van der Waals surface area (Å²) in [6.45, 7) is 5.11. The van der Waals surface area contributed by atoms with E-state index < -0.39 is 0 Å². The van der Waals surface area contributed by atoms with Gasteiger partial charge in [-0.15, -0.1) is 0 Å². The smallest absolute Gasteiger partial charge is 0.138 e. The average Bonchev–Trinajstić information content (AvgIpc) is 2.38. The standard InChI is InChI=1S/C15H23BrO2/c1-4-5-6-7-11-18-12(2)13-9-8-10-14(16)15(13)17-3/h8-10,12H,4-7,11H2,1-3H3. The van der Waals surface area contributed by atoms with Gasteiger partial charge in [0, 0.05) is 12.2 Å². The van der Waals surface area contributed by atoms with E-state index in [-0.39, 0.29) is 6.10 Å². The molecule has 1 aromatic carbocycles. The van der Waals surface area contributed by atoms with E-state index in [4.69, 9.17) is 9.47 Å². The van der Waals surface area contributed by atoms with Crippen LogP contribution in [0.5, 0.6) is 5.75 Å². The van der Waals surface area contributed by atoms with Crippen LogP contribution in [0.1, 0.15) is 51.2 Å². The Kier molecular flexibility index (Phi) is 7.36. The predicted molar refractivity (Wildman–Crippen MR) is 79.2 cm³/mol. The minimum atomic E-state index is 0.0686. The molecule has 0 amide bonds. The number of hydrogen-bond donors (Lipinski definition) is 0. The molecule has 0 heterocycles. The van der Waals surface area contributed by atoms with E-state index in [0.29, 0.717) is 0 Å². The second kappa shape index (κ2) is 8.54. The molecule has 1 unspecified atom stereocenters. The number of benzene rings is 1. The SMILES string of the molecule is CCCCCCOC(C)c1cccc(Br)c1OC. The molecule has 0 aliphatic rings. The third-order valence-electron chi connectivity index (χ3n) is 3.01. The van der Waals surface area contributed by atoms with Gasteiger partial charge in [0.2, 0.25) is 0 Å². The number of rotatable bonds is 8. The monoisotopic (exact) mass is 314 g/mol. The third-order valence-corrected chi connectivity index (χ3v) is 3.63. The van der Waals surface area contributed by atoms with Crippen molar-refractivity contribution >= 4 is 15.9 Å². The molecule has 102 valence electrons. The third kappa shape index (κ3) is 4.62. The zero-order valence-corrected chi connectivity index (χ0v) is 13.1. The lowest BCUT2D eigenvalue weighted by atomic mass is 10.1. The van der Waals surface area contributed by atoms with Crippen LogP contribution in [-0.4, -0.2) is 13.7 Å². The summed E-state index contributed by atoms with van der Waals surface area (Å²) in [7, 11) is 1.69. The first-order valence-corrected chi connectivity index (χ1v) is 7.44. The van der Waals surface area contributed by atoms with E-state index in [9.17, 15) is 0 Å². The Balaban J connectivity index is 2.50. The first kappa shape index (κ1) is 15.5. The number of unbranched alkanes of at least 4 members (excludes halogenated alkanes) is 3. The van der Waals surface area contributed by atoms with Crippen LogP contribution in [0.3, 0.4) is 0 Å². The van der Waals surface area contributed by atoms with Crippen molar-refractivity contribution in [1.29, 1.82) is 0 Å². The Hall–Kier alpha value is -0.540. The van der Waals surface area contributed by atoms with Crippen LogP contribution in [0.25, 0.3) is 0 Å². The molecule has 0 aliphatic carbocycles. The van der Waals surface area contributed by atoms with Crippen molar-refractivity contribution < 1.29 is 9.47 Å². The molecule has 2 nitrogen and oxygen atoms in total. The molecule has 0 radical (unpaired) electrons. The van der Waals surface area contributed by atoms with Crippen molar-refractivity contribution in [2.24, 2.45) is 0 Å². The van der Waals surface area contributed by atoms with Gasteiger partial charge in [0.25, 0.3) is 0 Å². The minimum absolute atomic E-state index is 0.0686. The Morgan fingerprint density at radius 3 is 2.67 bits per heavy atom. The van der Waals surface area contributed by atoms with Gasteiger partial charge < -0.3 is 9.47 Å². The van der Waals surface area contributed by atoms with Crippen LogP contribution in [0.2, 0.25) is 0 Å². The van der Waals surface area contributed by atoms with Gasteiger partial charge in [0.05, 0.1) is 17.7 Å². The summed E-state index contributed by atoms with van der Waals surface area (Å²) in [5, 5.41) is 0. The Bertz CT molecular complexity index is 352. The first-order valence-electron chi connectivity index (χ1n) is 6.64. The predicted octanol–water partition coefficient (Wildman–Crippen LogP) is 5.12. The summed E-state index contributed by atoms with van der Waals surface area (Å²) >= 11 is 3.50. The highest BCUT2D eigenvalue weighted by Gasteiger charge is 2.13. The molecule has 1 aromatic rings. The normalized spacial score (nSPS) is 12.4. The molecule has 0 aliphatic heterocycles. The molecular weight excluding hydrogens is 292 g/mol. The van der Waals surface area contributed by atoms with Crippen LogP contribution in [0.4, 0.5) is 0 Å². The van der Waals surface area contributed by atoms with Gasteiger partial charge in [-0.05, 0) is 35.3 Å². The lowest BCUT2D eigenvalue weighted by Gasteiger charge is -2.17. The van der Waals surface area contributed by atoms with Crippen LogP contribution < -0.4 is 4.74 Å². The number of methoxy groups -OCH3 is 1.